The monoisotopic (exact) mass is 204 g/mol. The second-order valence-corrected chi connectivity index (χ2v) is 2.97. The lowest BCUT2D eigenvalue weighted by atomic mass is 10.4. The Bertz CT molecular complexity index is 263. The third-order valence-corrected chi connectivity index (χ3v) is 1.76. The summed E-state index contributed by atoms with van der Waals surface area (Å²) < 4.78 is 30.0. The summed E-state index contributed by atoms with van der Waals surface area (Å²) in [7, 11) is 0. The van der Waals surface area contributed by atoms with Gasteiger partial charge in [-0.15, -0.1) is 0 Å². The zero-order valence-corrected chi connectivity index (χ0v) is 8.12. The number of unbranched alkanes of at least 4 members (excludes halogenated alkanes) is 1. The molecule has 5 heteroatoms. The molecule has 0 bridgehead atoms. The molecule has 1 heterocycles. The van der Waals surface area contributed by atoms with Gasteiger partial charge in [0.05, 0.1) is 12.3 Å². The molecule has 80 valence electrons. The minimum absolute atomic E-state index is 0.305. The lowest BCUT2D eigenvalue weighted by molar-refractivity contribution is 0.0542. The van der Waals surface area contributed by atoms with Crippen molar-refractivity contribution in [2.24, 2.45) is 0 Å². The molecule has 0 saturated heterocycles. The van der Waals surface area contributed by atoms with E-state index < -0.39 is 6.55 Å². The van der Waals surface area contributed by atoms with Gasteiger partial charge in [-0.05, 0) is 12.5 Å². The van der Waals surface area contributed by atoms with Gasteiger partial charge < -0.3 is 4.74 Å². The van der Waals surface area contributed by atoms with Crippen LogP contribution in [0.2, 0.25) is 0 Å². The van der Waals surface area contributed by atoms with Gasteiger partial charge in [0.15, 0.2) is 0 Å². The molecule has 0 spiro atoms. The van der Waals surface area contributed by atoms with Gasteiger partial charge >= 0.3 is 6.55 Å². The van der Waals surface area contributed by atoms with Crippen LogP contribution < -0.4 is 0 Å². The third kappa shape index (κ3) is 3.41. The summed E-state index contributed by atoms with van der Waals surface area (Å²) in [6, 6.07) is 1.54. The van der Waals surface area contributed by atoms with Crippen molar-refractivity contribution in [1.82, 2.24) is 9.78 Å². The summed E-state index contributed by atoms with van der Waals surface area (Å²) in [5, 5.41) is 3.65. The smallest absolute Gasteiger partial charge is 0.333 e. The van der Waals surface area contributed by atoms with E-state index in [-0.39, 0.29) is 0 Å². The Balaban J connectivity index is 2.29. The fourth-order valence-electron chi connectivity index (χ4n) is 0.986. The SMILES string of the molecule is CCCCOCc1ccn(C(F)F)n1. The Kier molecular flexibility index (Phi) is 4.52. The van der Waals surface area contributed by atoms with Gasteiger partial charge in [-0.3, -0.25) is 0 Å². The number of alkyl halides is 2. The van der Waals surface area contributed by atoms with Crippen LogP contribution in [0.25, 0.3) is 0 Å². The molecule has 0 fully saturated rings. The van der Waals surface area contributed by atoms with E-state index in [1.165, 1.54) is 12.3 Å². The summed E-state index contributed by atoms with van der Waals surface area (Å²) in [5.41, 5.74) is 0.543. The van der Waals surface area contributed by atoms with Crippen LogP contribution in [0.15, 0.2) is 12.3 Å². The zero-order chi connectivity index (χ0) is 10.4. The van der Waals surface area contributed by atoms with Crippen molar-refractivity contribution in [3.05, 3.63) is 18.0 Å². The van der Waals surface area contributed by atoms with E-state index in [2.05, 4.69) is 12.0 Å². The molecule has 0 atom stereocenters. The molecule has 1 aromatic rings. The molecule has 0 radical (unpaired) electrons. The van der Waals surface area contributed by atoms with Crippen molar-refractivity contribution >= 4 is 0 Å². The van der Waals surface area contributed by atoms with Gasteiger partial charge in [0, 0.05) is 12.8 Å². The van der Waals surface area contributed by atoms with Crippen LogP contribution in [0.3, 0.4) is 0 Å². The van der Waals surface area contributed by atoms with E-state index in [9.17, 15) is 8.78 Å². The maximum absolute atomic E-state index is 12.1. The quantitative estimate of drug-likeness (QED) is 0.666. The predicted octanol–water partition coefficient (Wildman–Crippen LogP) is 2.59. The fraction of sp³-hybridized carbons (Fsp3) is 0.667. The van der Waals surface area contributed by atoms with Crippen molar-refractivity contribution in [3.63, 3.8) is 0 Å². The first kappa shape index (κ1) is 11.1. The highest BCUT2D eigenvalue weighted by Gasteiger charge is 2.06. The standard InChI is InChI=1S/C9H14F2N2O/c1-2-3-6-14-7-8-4-5-13(12-8)9(10)11/h4-5,9H,2-3,6-7H2,1H3. The summed E-state index contributed by atoms with van der Waals surface area (Å²) in [6.07, 6.45) is 3.30. The van der Waals surface area contributed by atoms with Gasteiger partial charge in [-0.25, -0.2) is 4.68 Å². The molecule has 1 aromatic heterocycles. The van der Waals surface area contributed by atoms with E-state index in [1.54, 1.807) is 0 Å². The van der Waals surface area contributed by atoms with Crippen molar-refractivity contribution in [2.45, 2.75) is 32.9 Å². The van der Waals surface area contributed by atoms with E-state index >= 15 is 0 Å². The zero-order valence-electron chi connectivity index (χ0n) is 8.12. The number of nitrogens with zero attached hydrogens (tertiary/aromatic N) is 2. The highest BCUT2D eigenvalue weighted by Crippen LogP contribution is 2.09. The molecule has 1 rings (SSSR count). The number of aromatic nitrogens is 2. The highest BCUT2D eigenvalue weighted by atomic mass is 19.3. The van der Waals surface area contributed by atoms with Crippen molar-refractivity contribution in [1.29, 1.82) is 0 Å². The molecule has 0 N–H and O–H groups in total. The van der Waals surface area contributed by atoms with Crippen molar-refractivity contribution in [3.8, 4) is 0 Å². The van der Waals surface area contributed by atoms with Crippen LogP contribution in [-0.2, 0) is 11.3 Å². The van der Waals surface area contributed by atoms with E-state index in [1.807, 2.05) is 0 Å². The third-order valence-electron chi connectivity index (χ3n) is 1.76. The molecule has 0 amide bonds. The molecule has 0 aliphatic rings. The van der Waals surface area contributed by atoms with Crippen LogP contribution >= 0.6 is 0 Å². The Morgan fingerprint density at radius 3 is 2.93 bits per heavy atom. The molecule has 0 aliphatic carbocycles. The van der Waals surface area contributed by atoms with Crippen LogP contribution in [0.4, 0.5) is 8.78 Å². The fourth-order valence-corrected chi connectivity index (χ4v) is 0.986. The van der Waals surface area contributed by atoms with Crippen LogP contribution in [0, 0.1) is 0 Å². The predicted molar refractivity (Wildman–Crippen MR) is 48.0 cm³/mol. The molecule has 0 aromatic carbocycles. The van der Waals surface area contributed by atoms with Crippen LogP contribution in [0.5, 0.6) is 0 Å². The van der Waals surface area contributed by atoms with Crippen LogP contribution in [-0.4, -0.2) is 16.4 Å². The normalized spacial score (nSPS) is 11.1. The van der Waals surface area contributed by atoms with Gasteiger partial charge in [0.1, 0.15) is 0 Å². The summed E-state index contributed by atoms with van der Waals surface area (Å²) >= 11 is 0. The molecule has 3 nitrogen and oxygen atoms in total. The van der Waals surface area contributed by atoms with Gasteiger partial charge in [0.25, 0.3) is 0 Å². The Labute approximate surface area is 81.7 Å². The number of halogens is 2. The van der Waals surface area contributed by atoms with Crippen LogP contribution in [0.1, 0.15) is 32.0 Å². The van der Waals surface area contributed by atoms with Crippen molar-refractivity contribution < 1.29 is 13.5 Å². The molecule has 0 aliphatic heterocycles. The topological polar surface area (TPSA) is 27.1 Å². The lowest BCUT2D eigenvalue weighted by Gasteiger charge is -2.00. The number of hydrogen-bond acceptors (Lipinski definition) is 2. The first-order chi connectivity index (χ1) is 6.74. The minimum atomic E-state index is -2.57. The molecule has 0 saturated carbocycles. The van der Waals surface area contributed by atoms with E-state index in [0.717, 1.165) is 12.8 Å². The highest BCUT2D eigenvalue weighted by molar-refractivity contribution is 4.97. The summed E-state index contributed by atoms with van der Waals surface area (Å²) in [6.45, 7) is 0.450. The van der Waals surface area contributed by atoms with Crippen molar-refractivity contribution in [2.75, 3.05) is 6.61 Å². The molecule has 0 unspecified atom stereocenters. The number of hydrogen-bond donors (Lipinski definition) is 0. The first-order valence-electron chi connectivity index (χ1n) is 4.64. The minimum Gasteiger partial charge on any atom is -0.375 e. The van der Waals surface area contributed by atoms with Gasteiger partial charge in [0.2, 0.25) is 0 Å². The average molecular weight is 204 g/mol. The summed E-state index contributed by atoms with van der Waals surface area (Å²) in [5.74, 6) is 0. The maximum atomic E-state index is 12.1. The Morgan fingerprint density at radius 2 is 2.36 bits per heavy atom. The average Bonchev–Trinajstić information content (AvgIpc) is 2.61. The van der Waals surface area contributed by atoms with Gasteiger partial charge in [-0.2, -0.15) is 13.9 Å². The Morgan fingerprint density at radius 1 is 1.57 bits per heavy atom. The number of ether oxygens (including phenoxy) is 1. The maximum Gasteiger partial charge on any atom is 0.333 e. The molecular formula is C9H14F2N2O. The first-order valence-corrected chi connectivity index (χ1v) is 4.64. The molecular weight excluding hydrogens is 190 g/mol. The second-order valence-electron chi connectivity index (χ2n) is 2.97. The van der Waals surface area contributed by atoms with Gasteiger partial charge in [-0.1, -0.05) is 13.3 Å². The van der Waals surface area contributed by atoms with E-state index in [0.29, 0.717) is 23.6 Å². The second kappa shape index (κ2) is 5.70. The largest absolute Gasteiger partial charge is 0.375 e. The van der Waals surface area contributed by atoms with E-state index in [4.69, 9.17) is 4.74 Å². The lowest BCUT2D eigenvalue weighted by Crippen LogP contribution is -2.01. The Hall–Kier alpha value is -0.970. The number of rotatable bonds is 6. The summed E-state index contributed by atoms with van der Waals surface area (Å²) in [4.78, 5) is 0. The molecule has 14 heavy (non-hydrogen) atoms.